The van der Waals surface area contributed by atoms with Gasteiger partial charge in [-0.3, -0.25) is 0 Å². The Kier molecular flexibility index (Phi) is 4.39. The van der Waals surface area contributed by atoms with Gasteiger partial charge in [0.2, 0.25) is 0 Å². The summed E-state index contributed by atoms with van der Waals surface area (Å²) in [6.45, 7) is 13.1. The van der Waals surface area contributed by atoms with E-state index in [9.17, 15) is 4.48 Å². The maximum atomic E-state index is 14.3. The molecule has 0 radical (unpaired) electrons. The van der Waals surface area contributed by atoms with E-state index in [1.54, 1.807) is 18.2 Å². The molecule has 0 atom stereocenters. The van der Waals surface area contributed by atoms with Crippen LogP contribution >= 0.6 is 0 Å². The van der Waals surface area contributed by atoms with Gasteiger partial charge in [-0.15, -0.1) is 0 Å². The van der Waals surface area contributed by atoms with E-state index in [0.29, 0.717) is 16.0 Å². The third-order valence-electron chi connectivity index (χ3n) is 3.36. The number of fused-ring (bicyclic) bond motifs is 1. The van der Waals surface area contributed by atoms with E-state index in [4.69, 9.17) is 0 Å². The van der Waals surface area contributed by atoms with Gasteiger partial charge >= 0.3 is 0 Å². The molecule has 2 rings (SSSR count). The Morgan fingerprint density at radius 2 is 2.00 bits per heavy atom. The zero-order valence-corrected chi connectivity index (χ0v) is 12.1. The highest BCUT2D eigenvalue weighted by Gasteiger charge is 2.14. The molecular weight excluding hydrogens is 261 g/mol. The van der Waals surface area contributed by atoms with Crippen LogP contribution in [-0.4, -0.2) is 4.79 Å². The van der Waals surface area contributed by atoms with Crippen LogP contribution in [0.5, 0.6) is 0 Å². The van der Waals surface area contributed by atoms with Crippen molar-refractivity contribution < 1.29 is 4.48 Å². The highest BCUT2D eigenvalue weighted by atomic mass is 19.2. The van der Waals surface area contributed by atoms with Crippen molar-refractivity contribution in [3.8, 4) is 0 Å². The third kappa shape index (κ3) is 2.52. The lowest BCUT2D eigenvalue weighted by molar-refractivity contribution is 0.384. The molecule has 1 aromatic carbocycles. The minimum atomic E-state index is 0.466. The molecule has 0 saturated carbocycles. The van der Waals surface area contributed by atoms with Crippen LogP contribution in [-0.2, 0) is 0 Å². The molecule has 0 aliphatic heterocycles. The minimum Gasteiger partial charge on any atom is -0.179 e. The van der Waals surface area contributed by atoms with Crippen LogP contribution in [0, 0.1) is 0 Å². The molecule has 2 aromatic rings. The van der Waals surface area contributed by atoms with Gasteiger partial charge in [0.15, 0.2) is 0 Å². The van der Waals surface area contributed by atoms with Crippen molar-refractivity contribution in [1.82, 2.24) is 4.79 Å². The van der Waals surface area contributed by atoms with E-state index in [1.807, 2.05) is 37.3 Å². The van der Waals surface area contributed by atoms with Gasteiger partial charge < -0.3 is 0 Å². The fourth-order valence-electron chi connectivity index (χ4n) is 2.42. The minimum absolute atomic E-state index is 0.466. The van der Waals surface area contributed by atoms with Gasteiger partial charge in [-0.2, -0.15) is 4.79 Å². The summed E-state index contributed by atoms with van der Waals surface area (Å²) in [7, 11) is 0. The number of hydrogen-bond donors (Lipinski definition) is 0. The van der Waals surface area contributed by atoms with E-state index in [0.717, 1.165) is 22.1 Å². The van der Waals surface area contributed by atoms with Crippen molar-refractivity contribution in [1.29, 1.82) is 0 Å². The summed E-state index contributed by atoms with van der Waals surface area (Å²) in [5.74, 6) is 0. The second kappa shape index (κ2) is 6.23. The Morgan fingerprint density at radius 3 is 2.57 bits per heavy atom. The molecule has 0 amide bonds. The van der Waals surface area contributed by atoms with E-state index in [-0.39, 0.29) is 0 Å². The summed E-state index contributed by atoms with van der Waals surface area (Å²) in [6, 6.07) is 5.61. The first kappa shape index (κ1) is 14.8. The molecule has 1 aromatic heterocycles. The molecule has 0 bridgehead atoms. The van der Waals surface area contributed by atoms with E-state index >= 15 is 0 Å². The van der Waals surface area contributed by atoms with Crippen LogP contribution in [0.3, 0.4) is 0 Å². The largest absolute Gasteiger partial charge is 0.179 e. The Balaban J connectivity index is 2.81. The fourth-order valence-corrected chi connectivity index (χ4v) is 2.42. The van der Waals surface area contributed by atoms with Gasteiger partial charge in [0.05, 0.1) is 11.2 Å². The van der Waals surface area contributed by atoms with Gasteiger partial charge in [-0.1, -0.05) is 60.7 Å². The monoisotopic (exact) mass is 279 g/mol. The number of halogens is 1. The van der Waals surface area contributed by atoms with Crippen LogP contribution < -0.4 is 0 Å². The van der Waals surface area contributed by atoms with Gasteiger partial charge in [-0.05, 0) is 36.3 Å². The summed E-state index contributed by atoms with van der Waals surface area (Å²) >= 11 is 0. The van der Waals surface area contributed by atoms with Gasteiger partial charge in [0.1, 0.15) is 0 Å². The quantitative estimate of drug-likeness (QED) is 0.609. The lowest BCUT2D eigenvalue weighted by atomic mass is 10.0. The van der Waals surface area contributed by atoms with Crippen LogP contribution in [0.4, 0.5) is 4.48 Å². The molecule has 0 N–H and O–H groups in total. The molecule has 106 valence electrons. The van der Waals surface area contributed by atoms with Gasteiger partial charge in [-0.25, -0.2) is 0 Å². The molecular formula is C19H18FN. The Hall–Kier alpha value is -2.61. The Bertz CT molecular complexity index is 772. The zero-order valence-electron chi connectivity index (χ0n) is 12.1. The number of nitrogens with zero attached hydrogens (tertiary/aromatic N) is 1. The number of aromatic nitrogens is 1. The first-order valence-corrected chi connectivity index (χ1v) is 6.73. The van der Waals surface area contributed by atoms with E-state index in [1.165, 1.54) is 6.08 Å². The normalized spacial score (nSPS) is 12.0. The molecule has 1 nitrogen and oxygen atoms in total. The van der Waals surface area contributed by atoms with Crippen LogP contribution in [0.2, 0.25) is 0 Å². The lowest BCUT2D eigenvalue weighted by Crippen LogP contribution is -1.85. The Labute approximate surface area is 124 Å². The molecule has 0 spiro atoms. The second-order valence-corrected chi connectivity index (χ2v) is 4.58. The predicted molar refractivity (Wildman–Crippen MR) is 91.6 cm³/mol. The van der Waals surface area contributed by atoms with Crippen molar-refractivity contribution in [2.45, 2.75) is 6.92 Å². The molecule has 1 heterocycles. The summed E-state index contributed by atoms with van der Waals surface area (Å²) in [5, 5.41) is 0.847. The third-order valence-corrected chi connectivity index (χ3v) is 3.36. The van der Waals surface area contributed by atoms with Crippen molar-refractivity contribution in [3.05, 3.63) is 79.1 Å². The van der Waals surface area contributed by atoms with Gasteiger partial charge in [0.25, 0.3) is 0 Å². The molecule has 0 aliphatic carbocycles. The molecule has 0 saturated heterocycles. The first-order valence-electron chi connectivity index (χ1n) is 6.73. The maximum Gasteiger partial charge on any atom is 0.0826 e. The molecule has 0 unspecified atom stereocenters. The van der Waals surface area contributed by atoms with E-state index in [2.05, 4.69) is 19.7 Å². The maximum absolute atomic E-state index is 14.3. The smallest absolute Gasteiger partial charge is 0.0826 e. The molecule has 2 heteroatoms. The average molecular weight is 279 g/mol. The Morgan fingerprint density at radius 1 is 1.24 bits per heavy atom. The summed E-state index contributed by atoms with van der Waals surface area (Å²) < 4.78 is 14.3. The number of allylic oxidation sites excluding steroid dienone is 5. The summed E-state index contributed by atoms with van der Waals surface area (Å²) in [4.78, 5) is 0.673. The molecule has 21 heavy (non-hydrogen) atoms. The van der Waals surface area contributed by atoms with Crippen molar-refractivity contribution >= 4 is 28.6 Å². The SMILES string of the molecule is C=C/C=C(\C=C)c1ccc2c(c1)c(/C=C\C)c(C=C)n2F. The fraction of sp³-hybridized carbons (Fsp3) is 0.0526. The second-order valence-electron chi connectivity index (χ2n) is 4.58. The van der Waals surface area contributed by atoms with Crippen LogP contribution in [0.1, 0.15) is 23.7 Å². The van der Waals surface area contributed by atoms with Crippen molar-refractivity contribution in [2.24, 2.45) is 0 Å². The summed E-state index contributed by atoms with van der Waals surface area (Å²) in [5.41, 5.74) is 3.75. The highest BCUT2D eigenvalue weighted by Crippen LogP contribution is 2.31. The molecule has 0 fully saturated rings. The van der Waals surface area contributed by atoms with Crippen molar-refractivity contribution in [3.63, 3.8) is 0 Å². The molecule has 0 aliphatic rings. The van der Waals surface area contributed by atoms with Gasteiger partial charge in [0, 0.05) is 10.9 Å². The van der Waals surface area contributed by atoms with Crippen LogP contribution in [0.25, 0.3) is 28.6 Å². The van der Waals surface area contributed by atoms with Crippen molar-refractivity contribution in [2.75, 3.05) is 0 Å². The standard InChI is InChI=1S/C19H18FN/c1-5-9-14(7-3)15-11-12-19-17(13-15)16(10-6-2)18(8-4)21(19)20/h5-13H,1,3-4H2,2H3/b10-6-,14-9+. The number of rotatable bonds is 5. The predicted octanol–water partition coefficient (Wildman–Crippen LogP) is 5.81. The highest BCUT2D eigenvalue weighted by molar-refractivity contribution is 5.96. The number of hydrogen-bond acceptors (Lipinski definition) is 0. The average Bonchev–Trinajstić information content (AvgIpc) is 2.77. The number of benzene rings is 1. The zero-order chi connectivity index (χ0) is 15.4. The topological polar surface area (TPSA) is 4.93 Å². The van der Waals surface area contributed by atoms with E-state index < -0.39 is 0 Å². The van der Waals surface area contributed by atoms with Crippen LogP contribution in [0.15, 0.2) is 62.2 Å². The summed E-state index contributed by atoms with van der Waals surface area (Å²) in [6.07, 6.45) is 10.7. The lowest BCUT2D eigenvalue weighted by Gasteiger charge is -2.03. The first-order chi connectivity index (χ1) is 10.2.